The molecule has 1 aliphatic heterocycles. The molecule has 0 amide bonds. The van der Waals surface area contributed by atoms with Crippen molar-refractivity contribution in [1.82, 2.24) is 0 Å². The largest absolute Gasteiger partial charge is 0.487 e. The third-order valence-electron chi connectivity index (χ3n) is 6.62. The summed E-state index contributed by atoms with van der Waals surface area (Å²) in [5, 5.41) is 18.4. The summed E-state index contributed by atoms with van der Waals surface area (Å²) in [6.07, 6.45) is 6.26. The smallest absolute Gasteiger partial charge is 0.311 e. The number of carbonyl (C=O) groups is 2. The van der Waals surface area contributed by atoms with Gasteiger partial charge in [-0.2, -0.15) is 0 Å². The number of carboxylic acid groups (broad SMARTS) is 1. The number of unbranched alkanes of at least 4 members (excludes halogenated alkanes) is 2. The van der Waals surface area contributed by atoms with E-state index in [2.05, 4.69) is 31.7 Å². The van der Waals surface area contributed by atoms with Gasteiger partial charge in [0.15, 0.2) is 0 Å². The maximum absolute atomic E-state index is 12.4. The second-order valence-corrected chi connectivity index (χ2v) is 9.65. The molecule has 9 nitrogen and oxygen atoms in total. The van der Waals surface area contributed by atoms with Gasteiger partial charge in [-0.3, -0.25) is 9.59 Å². The second-order valence-electron chi connectivity index (χ2n) is 9.65. The summed E-state index contributed by atoms with van der Waals surface area (Å²) >= 11 is 0. The standard InChI is InChI=1S/C25H33NO8/c1-16-8-9-19-18(13-16)24-20(33-23(29)11-10-22(27)28)14-17(15-21(24)34-25(19,2)3)7-5-4-6-12-32-26(30)31/h8,14-15,18-19H,4-7,9-13H2,1-3H3,(H,27,28)/t18-,19-/m1/s1. The van der Waals surface area contributed by atoms with Gasteiger partial charge in [-0.1, -0.05) is 18.1 Å². The number of rotatable bonds is 11. The number of aryl methyl sites for hydroxylation is 1. The number of carboxylic acids is 1. The highest BCUT2D eigenvalue weighted by atomic mass is 16.9. The Hall–Kier alpha value is -3.10. The summed E-state index contributed by atoms with van der Waals surface area (Å²) in [4.78, 5) is 38.0. The molecule has 0 aromatic heterocycles. The molecule has 1 aromatic carbocycles. The predicted octanol–water partition coefficient (Wildman–Crippen LogP) is 4.99. The SMILES string of the molecule is CC1=CC[C@@H]2[C@@H](C1)c1c(OC(=O)CCC(=O)O)cc(CCCCCO[N+](=O)[O-])cc1OC2(C)C. The summed E-state index contributed by atoms with van der Waals surface area (Å²) in [5.74, 6) is -0.113. The van der Waals surface area contributed by atoms with Crippen LogP contribution in [0, 0.1) is 16.0 Å². The van der Waals surface area contributed by atoms with Crippen LogP contribution in [-0.4, -0.2) is 34.3 Å². The van der Waals surface area contributed by atoms with Gasteiger partial charge in [-0.25, -0.2) is 0 Å². The zero-order valence-corrected chi connectivity index (χ0v) is 20.0. The Morgan fingerprint density at radius 1 is 1.24 bits per heavy atom. The van der Waals surface area contributed by atoms with Gasteiger partial charge in [-0.05, 0) is 70.6 Å². The fourth-order valence-corrected chi connectivity index (χ4v) is 4.96. The Kier molecular flexibility index (Phi) is 8.17. The van der Waals surface area contributed by atoms with Gasteiger partial charge < -0.3 is 19.4 Å². The van der Waals surface area contributed by atoms with Crippen molar-refractivity contribution in [3.63, 3.8) is 0 Å². The summed E-state index contributed by atoms with van der Waals surface area (Å²) in [6, 6.07) is 3.86. The summed E-state index contributed by atoms with van der Waals surface area (Å²) in [6.45, 7) is 6.34. The minimum Gasteiger partial charge on any atom is -0.487 e. The van der Waals surface area contributed by atoms with Gasteiger partial charge in [0.1, 0.15) is 17.1 Å². The van der Waals surface area contributed by atoms with Crippen molar-refractivity contribution in [3.05, 3.63) is 45.0 Å². The molecule has 0 spiro atoms. The molecule has 1 aromatic rings. The molecule has 0 saturated carbocycles. The Balaban J connectivity index is 1.85. The number of carbonyl (C=O) groups excluding carboxylic acids is 1. The zero-order chi connectivity index (χ0) is 24.9. The summed E-state index contributed by atoms with van der Waals surface area (Å²) < 4.78 is 12.2. The first kappa shape index (κ1) is 25.5. The summed E-state index contributed by atoms with van der Waals surface area (Å²) in [7, 11) is 0. The molecule has 186 valence electrons. The van der Waals surface area contributed by atoms with E-state index in [1.165, 1.54) is 5.57 Å². The van der Waals surface area contributed by atoms with Gasteiger partial charge >= 0.3 is 11.9 Å². The van der Waals surface area contributed by atoms with Crippen LogP contribution in [0.2, 0.25) is 0 Å². The van der Waals surface area contributed by atoms with Crippen molar-refractivity contribution >= 4 is 11.9 Å². The lowest BCUT2D eigenvalue weighted by atomic mass is 9.67. The molecular formula is C25H33NO8. The maximum atomic E-state index is 12.4. The molecule has 0 saturated heterocycles. The van der Waals surface area contributed by atoms with Crippen molar-refractivity contribution < 1.29 is 34.1 Å². The number of hydrogen-bond donors (Lipinski definition) is 1. The molecule has 1 aliphatic carbocycles. The van der Waals surface area contributed by atoms with Crippen LogP contribution in [0.3, 0.4) is 0 Å². The first-order valence-corrected chi connectivity index (χ1v) is 11.8. The molecule has 3 rings (SSSR count). The third kappa shape index (κ3) is 6.48. The Morgan fingerprint density at radius 3 is 2.71 bits per heavy atom. The highest BCUT2D eigenvalue weighted by Crippen LogP contribution is 2.54. The zero-order valence-electron chi connectivity index (χ0n) is 20.0. The third-order valence-corrected chi connectivity index (χ3v) is 6.62. The first-order valence-electron chi connectivity index (χ1n) is 11.8. The molecule has 34 heavy (non-hydrogen) atoms. The van der Waals surface area contributed by atoms with E-state index in [0.717, 1.165) is 36.8 Å². The minimum atomic E-state index is -1.05. The Bertz CT molecular complexity index is 968. The van der Waals surface area contributed by atoms with Crippen LogP contribution >= 0.6 is 0 Å². The molecule has 0 unspecified atom stereocenters. The highest BCUT2D eigenvalue weighted by Gasteiger charge is 2.46. The first-order chi connectivity index (χ1) is 16.1. The van der Waals surface area contributed by atoms with E-state index in [1.54, 1.807) is 0 Å². The lowest BCUT2D eigenvalue weighted by Crippen LogP contribution is -2.45. The molecule has 0 radical (unpaired) electrons. The molecule has 9 heteroatoms. The molecule has 0 fully saturated rings. The average molecular weight is 476 g/mol. The normalized spacial score (nSPS) is 20.3. The van der Waals surface area contributed by atoms with Crippen LogP contribution < -0.4 is 9.47 Å². The molecule has 1 heterocycles. The Morgan fingerprint density at radius 2 is 2.00 bits per heavy atom. The average Bonchev–Trinajstić information content (AvgIpc) is 2.73. The monoisotopic (exact) mass is 475 g/mol. The fourth-order valence-electron chi connectivity index (χ4n) is 4.96. The van der Waals surface area contributed by atoms with Gasteiger partial charge in [0, 0.05) is 17.4 Å². The number of nitrogens with zero attached hydrogens (tertiary/aromatic N) is 1. The van der Waals surface area contributed by atoms with Gasteiger partial charge in [0.2, 0.25) is 0 Å². The van der Waals surface area contributed by atoms with Crippen LogP contribution in [-0.2, 0) is 20.8 Å². The van der Waals surface area contributed by atoms with Gasteiger partial charge in [-0.15, -0.1) is 10.1 Å². The van der Waals surface area contributed by atoms with Crippen molar-refractivity contribution in [2.24, 2.45) is 5.92 Å². The Labute approximate surface area is 199 Å². The number of allylic oxidation sites excluding steroid dienone is 2. The number of benzene rings is 1. The molecule has 2 atom stereocenters. The van der Waals surface area contributed by atoms with Crippen LogP contribution in [0.5, 0.6) is 11.5 Å². The van der Waals surface area contributed by atoms with E-state index in [1.807, 2.05) is 12.1 Å². The van der Waals surface area contributed by atoms with E-state index in [9.17, 15) is 19.7 Å². The molecule has 1 N–H and O–H groups in total. The van der Waals surface area contributed by atoms with Gasteiger partial charge in [0.25, 0.3) is 5.09 Å². The lowest BCUT2D eigenvalue weighted by Gasteiger charge is -2.47. The number of hydrogen-bond acceptors (Lipinski definition) is 7. The molecular weight excluding hydrogens is 442 g/mol. The van der Waals surface area contributed by atoms with Crippen LogP contribution in [0.1, 0.15) is 82.8 Å². The van der Waals surface area contributed by atoms with Crippen LogP contribution in [0.25, 0.3) is 0 Å². The van der Waals surface area contributed by atoms with Crippen LogP contribution in [0.4, 0.5) is 0 Å². The van der Waals surface area contributed by atoms with E-state index in [4.69, 9.17) is 14.6 Å². The van der Waals surface area contributed by atoms with Crippen molar-refractivity contribution in [3.8, 4) is 11.5 Å². The molecule has 2 aliphatic rings. The second kappa shape index (κ2) is 10.9. The lowest BCUT2D eigenvalue weighted by molar-refractivity contribution is -0.757. The fraction of sp³-hybridized carbons (Fsp3) is 0.600. The van der Waals surface area contributed by atoms with E-state index in [-0.39, 0.29) is 31.3 Å². The van der Waals surface area contributed by atoms with Gasteiger partial charge in [0.05, 0.1) is 19.4 Å². The summed E-state index contributed by atoms with van der Waals surface area (Å²) in [5.41, 5.74) is 2.71. The maximum Gasteiger partial charge on any atom is 0.311 e. The topological polar surface area (TPSA) is 125 Å². The van der Waals surface area contributed by atoms with Crippen molar-refractivity contribution in [2.75, 3.05) is 6.61 Å². The van der Waals surface area contributed by atoms with Crippen LogP contribution in [0.15, 0.2) is 23.8 Å². The van der Waals surface area contributed by atoms with E-state index >= 15 is 0 Å². The number of esters is 1. The number of ether oxygens (including phenoxy) is 2. The number of aliphatic carboxylic acids is 1. The quantitative estimate of drug-likeness (QED) is 0.118. The van der Waals surface area contributed by atoms with E-state index in [0.29, 0.717) is 24.3 Å². The van der Waals surface area contributed by atoms with Crippen molar-refractivity contribution in [1.29, 1.82) is 0 Å². The number of fused-ring (bicyclic) bond motifs is 3. The van der Waals surface area contributed by atoms with E-state index < -0.39 is 22.6 Å². The minimum absolute atomic E-state index is 0.0663. The molecule has 0 bridgehead atoms. The van der Waals surface area contributed by atoms with Crippen molar-refractivity contribution in [2.45, 2.75) is 83.7 Å². The predicted molar refractivity (Wildman–Crippen MR) is 123 cm³/mol. The highest BCUT2D eigenvalue weighted by molar-refractivity contribution is 5.78.